The molecule has 0 aromatic carbocycles. The number of hydrogen-bond acceptors (Lipinski definition) is 5. The van der Waals surface area contributed by atoms with Gasteiger partial charge in [-0.3, -0.25) is 0 Å². The molecule has 0 radical (unpaired) electrons. The summed E-state index contributed by atoms with van der Waals surface area (Å²) in [6.45, 7) is 4.15. The molecule has 0 saturated heterocycles. The summed E-state index contributed by atoms with van der Waals surface area (Å²) in [7, 11) is 0.172. The molecule has 1 aromatic rings. The van der Waals surface area contributed by atoms with Gasteiger partial charge in [0.15, 0.2) is 0 Å². The molecule has 0 bridgehead atoms. The summed E-state index contributed by atoms with van der Waals surface area (Å²) in [6.07, 6.45) is 1.18. The lowest BCUT2D eigenvalue weighted by atomic mass is 10.1. The first-order valence-electron chi connectivity index (χ1n) is 5.72. The average Bonchev–Trinajstić information content (AvgIpc) is 2.36. The van der Waals surface area contributed by atoms with Gasteiger partial charge >= 0.3 is 0 Å². The first-order chi connectivity index (χ1) is 8.69. The molecule has 1 heterocycles. The summed E-state index contributed by atoms with van der Waals surface area (Å²) in [5, 5.41) is 8.62. The molecule has 0 fully saturated rings. The van der Waals surface area contributed by atoms with E-state index in [-0.39, 0.29) is 22.7 Å². The molecule has 0 spiro atoms. The van der Waals surface area contributed by atoms with Crippen LogP contribution in [0.2, 0.25) is 0 Å². The van der Waals surface area contributed by atoms with E-state index >= 15 is 0 Å². The van der Waals surface area contributed by atoms with Gasteiger partial charge in [-0.25, -0.2) is 18.1 Å². The highest BCUT2D eigenvalue weighted by atomic mass is 32.2. The van der Waals surface area contributed by atoms with Crippen LogP contribution in [0.3, 0.4) is 0 Å². The van der Waals surface area contributed by atoms with Crippen LogP contribution in [0.5, 0.6) is 0 Å². The van der Waals surface area contributed by atoms with Gasteiger partial charge in [-0.05, 0) is 40.1 Å². The number of rotatable bonds is 5. The fourth-order valence-electron chi connectivity index (χ4n) is 1.12. The maximum atomic E-state index is 12.0. The van der Waals surface area contributed by atoms with Crippen molar-refractivity contribution in [3.8, 4) is 6.07 Å². The Hall–Kier alpha value is -1.49. The van der Waals surface area contributed by atoms with E-state index in [0.717, 1.165) is 0 Å². The first-order valence-corrected chi connectivity index (χ1v) is 7.20. The predicted octanol–water partition coefficient (Wildman–Crippen LogP) is 0.572. The van der Waals surface area contributed by atoms with Gasteiger partial charge < -0.3 is 4.90 Å². The Balaban J connectivity index is 2.85. The second-order valence-corrected chi connectivity index (χ2v) is 6.79. The number of likely N-dealkylation sites (N-methyl/N-ethyl adjacent to an activating group) is 1. The van der Waals surface area contributed by atoms with Crippen molar-refractivity contribution in [1.29, 1.82) is 5.26 Å². The molecule has 104 valence electrons. The van der Waals surface area contributed by atoms with Crippen molar-refractivity contribution in [3.63, 3.8) is 0 Å². The highest BCUT2D eigenvalue weighted by molar-refractivity contribution is 7.89. The summed E-state index contributed by atoms with van der Waals surface area (Å²) in [5.74, 6) is 0. The van der Waals surface area contributed by atoms with Crippen LogP contribution in [0.1, 0.15) is 19.5 Å². The van der Waals surface area contributed by atoms with Crippen molar-refractivity contribution in [2.45, 2.75) is 24.3 Å². The molecule has 1 N–H and O–H groups in total. The number of hydrogen-bond donors (Lipinski definition) is 1. The minimum absolute atomic E-state index is 0.0565. The van der Waals surface area contributed by atoms with Crippen LogP contribution in [0.25, 0.3) is 0 Å². The molecule has 0 saturated carbocycles. The predicted molar refractivity (Wildman–Crippen MR) is 71.9 cm³/mol. The molecular weight excluding hydrogens is 264 g/mol. The number of aromatic nitrogens is 1. The number of sulfonamides is 1. The summed E-state index contributed by atoms with van der Waals surface area (Å²) >= 11 is 0. The maximum Gasteiger partial charge on any atom is 0.242 e. The molecule has 6 nitrogen and oxygen atoms in total. The van der Waals surface area contributed by atoms with E-state index in [0.29, 0.717) is 0 Å². The fraction of sp³-hybridized carbons (Fsp3) is 0.500. The molecule has 0 aliphatic rings. The van der Waals surface area contributed by atoms with Crippen LogP contribution in [0.15, 0.2) is 23.2 Å². The molecule has 0 amide bonds. The Labute approximate surface area is 114 Å². The van der Waals surface area contributed by atoms with Crippen LogP contribution in [-0.2, 0) is 10.0 Å². The minimum atomic E-state index is -3.60. The molecular formula is C12H18N4O2S. The van der Waals surface area contributed by atoms with E-state index in [2.05, 4.69) is 9.71 Å². The van der Waals surface area contributed by atoms with E-state index in [9.17, 15) is 8.42 Å². The van der Waals surface area contributed by atoms with E-state index < -0.39 is 10.0 Å². The van der Waals surface area contributed by atoms with Crippen LogP contribution >= 0.6 is 0 Å². The van der Waals surface area contributed by atoms with Gasteiger partial charge in [-0.2, -0.15) is 5.26 Å². The molecule has 1 rings (SSSR count). The third-order valence-electron chi connectivity index (χ3n) is 3.07. The summed E-state index contributed by atoms with van der Waals surface area (Å²) in [6, 6.07) is 4.60. The molecule has 19 heavy (non-hydrogen) atoms. The second kappa shape index (κ2) is 5.65. The topological polar surface area (TPSA) is 86.1 Å². The van der Waals surface area contributed by atoms with Crippen molar-refractivity contribution >= 4 is 10.0 Å². The Bertz CT molecular complexity index is 571. The monoisotopic (exact) mass is 282 g/mol. The Kier molecular flexibility index (Phi) is 4.63. The molecule has 1 aromatic heterocycles. The van der Waals surface area contributed by atoms with Crippen LogP contribution in [0.4, 0.5) is 0 Å². The number of nitrogens with one attached hydrogen (secondary N) is 1. The van der Waals surface area contributed by atoms with E-state index in [1.54, 1.807) is 0 Å². The molecule has 0 atom stereocenters. The van der Waals surface area contributed by atoms with Crippen molar-refractivity contribution < 1.29 is 8.42 Å². The summed E-state index contributed by atoms with van der Waals surface area (Å²) in [5.41, 5.74) is -0.111. The zero-order valence-corrected chi connectivity index (χ0v) is 12.3. The quantitative estimate of drug-likeness (QED) is 0.853. The zero-order chi connectivity index (χ0) is 14.7. The normalized spacial score (nSPS) is 12.4. The molecule has 0 aliphatic heterocycles. The molecule has 7 heteroatoms. The van der Waals surface area contributed by atoms with Gasteiger partial charge in [0.1, 0.15) is 16.7 Å². The fourth-order valence-corrected chi connectivity index (χ4v) is 2.27. The van der Waals surface area contributed by atoms with Crippen molar-refractivity contribution in [2.24, 2.45) is 0 Å². The van der Waals surface area contributed by atoms with E-state index in [1.807, 2.05) is 38.9 Å². The highest BCUT2D eigenvalue weighted by Crippen LogP contribution is 2.12. The third kappa shape index (κ3) is 3.99. The van der Waals surface area contributed by atoms with Gasteiger partial charge in [0, 0.05) is 18.3 Å². The van der Waals surface area contributed by atoms with E-state index in [1.165, 1.54) is 18.3 Å². The lowest BCUT2D eigenvalue weighted by molar-refractivity contribution is 0.199. The largest absolute Gasteiger partial charge is 0.303 e. The first kappa shape index (κ1) is 15.6. The SMILES string of the molecule is CN(C)C(C)(C)CNS(=O)(=O)c1ccc(C#N)nc1. The standard InChI is InChI=1S/C12H18N4O2S/c1-12(2,16(3)4)9-15-19(17,18)11-6-5-10(7-13)14-8-11/h5-6,8,15H,9H2,1-4H3. The summed E-state index contributed by atoms with van der Waals surface area (Å²) < 4.78 is 26.6. The van der Waals surface area contributed by atoms with Crippen LogP contribution in [0, 0.1) is 11.3 Å². The zero-order valence-electron chi connectivity index (χ0n) is 11.5. The van der Waals surface area contributed by atoms with Gasteiger partial charge in [-0.15, -0.1) is 0 Å². The highest BCUT2D eigenvalue weighted by Gasteiger charge is 2.24. The molecule has 0 aliphatic carbocycles. The van der Waals surface area contributed by atoms with Gasteiger partial charge in [0.2, 0.25) is 10.0 Å². The van der Waals surface area contributed by atoms with Crippen LogP contribution < -0.4 is 4.72 Å². The van der Waals surface area contributed by atoms with Gasteiger partial charge in [0.25, 0.3) is 0 Å². The van der Waals surface area contributed by atoms with Crippen molar-refractivity contribution in [2.75, 3.05) is 20.6 Å². The van der Waals surface area contributed by atoms with Gasteiger partial charge in [0.05, 0.1) is 0 Å². The number of nitrogens with zero attached hydrogens (tertiary/aromatic N) is 3. The lowest BCUT2D eigenvalue weighted by Crippen LogP contribution is -2.48. The minimum Gasteiger partial charge on any atom is -0.303 e. The molecule has 0 unspecified atom stereocenters. The third-order valence-corrected chi connectivity index (χ3v) is 4.45. The Morgan fingerprint density at radius 3 is 2.47 bits per heavy atom. The van der Waals surface area contributed by atoms with E-state index in [4.69, 9.17) is 5.26 Å². The van der Waals surface area contributed by atoms with Crippen molar-refractivity contribution in [3.05, 3.63) is 24.0 Å². The van der Waals surface area contributed by atoms with Crippen molar-refractivity contribution in [1.82, 2.24) is 14.6 Å². The number of pyridine rings is 1. The summed E-state index contributed by atoms with van der Waals surface area (Å²) in [4.78, 5) is 5.75. The maximum absolute atomic E-state index is 12.0. The average molecular weight is 282 g/mol. The lowest BCUT2D eigenvalue weighted by Gasteiger charge is -2.32. The second-order valence-electron chi connectivity index (χ2n) is 5.02. The Morgan fingerprint density at radius 2 is 2.05 bits per heavy atom. The van der Waals surface area contributed by atoms with Gasteiger partial charge in [-0.1, -0.05) is 0 Å². The van der Waals surface area contributed by atoms with Crippen LogP contribution in [-0.4, -0.2) is 44.5 Å². The Morgan fingerprint density at radius 1 is 1.42 bits per heavy atom. The number of nitriles is 1. The smallest absolute Gasteiger partial charge is 0.242 e.